The van der Waals surface area contributed by atoms with Gasteiger partial charge in [-0.25, -0.2) is 9.48 Å². The van der Waals surface area contributed by atoms with Gasteiger partial charge in [0.25, 0.3) is 11.5 Å². The summed E-state index contributed by atoms with van der Waals surface area (Å²) in [5.41, 5.74) is 2.22. The maximum Gasteiger partial charge on any atom is 0.335 e. The molecule has 0 radical (unpaired) electrons. The van der Waals surface area contributed by atoms with Crippen LogP contribution in [0, 0.1) is 18.3 Å². The first kappa shape index (κ1) is 21.5. The van der Waals surface area contributed by atoms with Crippen molar-refractivity contribution >= 4 is 5.91 Å². The molecule has 0 saturated heterocycles. The fraction of sp³-hybridized carbons (Fsp3) is 0.125. The number of amides is 1. The van der Waals surface area contributed by atoms with Gasteiger partial charge in [-0.3, -0.25) is 18.7 Å². The van der Waals surface area contributed by atoms with Crippen LogP contribution in [0.25, 0.3) is 22.6 Å². The summed E-state index contributed by atoms with van der Waals surface area (Å²) in [5, 5.41) is 16.0. The lowest BCUT2D eigenvalue weighted by Gasteiger charge is -2.17. The van der Waals surface area contributed by atoms with Crippen molar-refractivity contribution < 1.29 is 4.79 Å². The van der Waals surface area contributed by atoms with Crippen molar-refractivity contribution in [1.29, 1.82) is 5.26 Å². The Balaban J connectivity index is 1.97. The fourth-order valence-electron chi connectivity index (χ4n) is 3.72. The lowest BCUT2D eigenvalue weighted by molar-refractivity contribution is 0.0963. The number of carbonyl (C=O) groups excluding carboxylic acids is 1. The molecule has 9 nitrogen and oxygen atoms in total. The van der Waals surface area contributed by atoms with E-state index in [2.05, 4.69) is 16.5 Å². The zero-order valence-corrected chi connectivity index (χ0v) is 18.2. The highest BCUT2D eigenvalue weighted by Crippen LogP contribution is 2.24. The second-order valence-electron chi connectivity index (χ2n) is 7.36. The van der Waals surface area contributed by atoms with Crippen LogP contribution in [0.4, 0.5) is 0 Å². The molecule has 0 saturated carbocycles. The highest BCUT2D eigenvalue weighted by molar-refractivity contribution is 5.94. The van der Waals surface area contributed by atoms with E-state index in [0.29, 0.717) is 39.5 Å². The van der Waals surface area contributed by atoms with E-state index in [4.69, 9.17) is 5.26 Å². The predicted molar refractivity (Wildman–Crippen MR) is 123 cm³/mol. The number of rotatable bonds is 4. The smallest absolute Gasteiger partial charge is 0.335 e. The first-order chi connectivity index (χ1) is 15.9. The second kappa shape index (κ2) is 8.43. The number of carbonyl (C=O) groups is 1. The molecular weight excluding hydrogens is 420 g/mol. The molecule has 1 N–H and O–H groups in total. The lowest BCUT2D eigenvalue weighted by Crippen LogP contribution is -2.40. The summed E-state index contributed by atoms with van der Waals surface area (Å²) in [6.45, 7) is 1.68. The molecule has 9 heteroatoms. The van der Waals surface area contributed by atoms with Gasteiger partial charge in [0.2, 0.25) is 0 Å². The van der Waals surface area contributed by atoms with Crippen LogP contribution in [-0.4, -0.2) is 31.9 Å². The topological polar surface area (TPSA) is 115 Å². The molecule has 4 rings (SSSR count). The number of hydrogen-bond acceptors (Lipinski definition) is 5. The summed E-state index contributed by atoms with van der Waals surface area (Å²) in [5.74, 6) is -0.286. The van der Waals surface area contributed by atoms with Crippen LogP contribution in [0.1, 0.15) is 21.6 Å². The average Bonchev–Trinajstić information content (AvgIpc) is 3.32. The van der Waals surface area contributed by atoms with E-state index >= 15 is 0 Å². The Bertz CT molecular complexity index is 1530. The Morgan fingerprint density at radius 1 is 1.06 bits per heavy atom. The van der Waals surface area contributed by atoms with Crippen molar-refractivity contribution in [2.75, 3.05) is 7.05 Å². The Labute approximate surface area is 188 Å². The van der Waals surface area contributed by atoms with E-state index in [-0.39, 0.29) is 5.91 Å². The molecule has 0 aliphatic heterocycles. The normalized spacial score (nSPS) is 10.6. The van der Waals surface area contributed by atoms with Crippen LogP contribution in [0.3, 0.4) is 0 Å². The largest absolute Gasteiger partial charge is 0.355 e. The van der Waals surface area contributed by atoms with Gasteiger partial charge in [0.05, 0.1) is 40.5 Å². The predicted octanol–water partition coefficient (Wildman–Crippen LogP) is 1.93. The number of nitrogens with one attached hydrogen (secondary N) is 1. The van der Waals surface area contributed by atoms with Gasteiger partial charge < -0.3 is 5.32 Å². The van der Waals surface area contributed by atoms with Crippen LogP contribution >= 0.6 is 0 Å². The van der Waals surface area contributed by atoms with Gasteiger partial charge in [0.15, 0.2) is 0 Å². The SMILES string of the molecule is CNC(=O)c1cccc(-n2c(C)c(-c3ccnn3-c3ccc(C#N)cc3)c(=O)n(C)c2=O)c1. The van der Waals surface area contributed by atoms with Gasteiger partial charge in [0.1, 0.15) is 0 Å². The van der Waals surface area contributed by atoms with Crippen LogP contribution in [-0.2, 0) is 7.05 Å². The zero-order chi connectivity index (χ0) is 23.7. The minimum atomic E-state index is -0.528. The molecule has 2 aromatic heterocycles. The summed E-state index contributed by atoms with van der Waals surface area (Å²) in [6.07, 6.45) is 1.56. The molecule has 4 aromatic rings. The average molecular weight is 440 g/mol. The molecule has 2 aromatic carbocycles. The molecule has 0 spiro atoms. The summed E-state index contributed by atoms with van der Waals surface area (Å²) in [7, 11) is 2.94. The summed E-state index contributed by atoms with van der Waals surface area (Å²) in [6, 6.07) is 17.2. The first-order valence-electron chi connectivity index (χ1n) is 10.1. The van der Waals surface area contributed by atoms with E-state index in [0.717, 1.165) is 4.57 Å². The van der Waals surface area contributed by atoms with Crippen LogP contribution in [0.5, 0.6) is 0 Å². The molecule has 1 amide bonds. The number of nitrogens with zero attached hydrogens (tertiary/aromatic N) is 5. The molecule has 0 aliphatic carbocycles. The highest BCUT2D eigenvalue weighted by Gasteiger charge is 2.21. The molecule has 0 fully saturated rings. The Morgan fingerprint density at radius 2 is 1.79 bits per heavy atom. The Hall–Kier alpha value is -4.71. The van der Waals surface area contributed by atoms with Gasteiger partial charge in [-0.2, -0.15) is 10.4 Å². The molecule has 164 valence electrons. The van der Waals surface area contributed by atoms with Crippen molar-refractivity contribution in [2.45, 2.75) is 6.92 Å². The quantitative estimate of drug-likeness (QED) is 0.521. The third-order valence-corrected chi connectivity index (χ3v) is 5.43. The number of hydrogen-bond donors (Lipinski definition) is 1. The fourth-order valence-corrected chi connectivity index (χ4v) is 3.72. The zero-order valence-electron chi connectivity index (χ0n) is 18.2. The van der Waals surface area contributed by atoms with E-state index in [9.17, 15) is 14.4 Å². The summed E-state index contributed by atoms with van der Waals surface area (Å²) >= 11 is 0. The third kappa shape index (κ3) is 3.64. The van der Waals surface area contributed by atoms with Crippen molar-refractivity contribution in [3.05, 3.63) is 98.5 Å². The summed E-state index contributed by atoms with van der Waals surface area (Å²) < 4.78 is 4.02. The van der Waals surface area contributed by atoms with Crippen molar-refractivity contribution in [2.24, 2.45) is 7.05 Å². The molecule has 0 unspecified atom stereocenters. The number of aromatic nitrogens is 4. The minimum Gasteiger partial charge on any atom is -0.355 e. The molecular formula is C24H20N6O3. The molecule has 0 aliphatic rings. The maximum atomic E-state index is 13.2. The maximum absolute atomic E-state index is 13.2. The first-order valence-corrected chi connectivity index (χ1v) is 10.1. The molecule has 0 atom stereocenters. The molecule has 0 bridgehead atoms. The van der Waals surface area contributed by atoms with Crippen molar-refractivity contribution in [3.63, 3.8) is 0 Å². The van der Waals surface area contributed by atoms with Gasteiger partial charge in [-0.15, -0.1) is 0 Å². The van der Waals surface area contributed by atoms with E-state index in [1.807, 2.05) is 0 Å². The van der Waals surface area contributed by atoms with Crippen molar-refractivity contribution in [1.82, 2.24) is 24.2 Å². The molecule has 2 heterocycles. The van der Waals surface area contributed by atoms with Gasteiger partial charge in [-0.1, -0.05) is 6.07 Å². The number of nitriles is 1. The van der Waals surface area contributed by atoms with E-state index in [1.54, 1.807) is 72.4 Å². The lowest BCUT2D eigenvalue weighted by atomic mass is 10.1. The van der Waals surface area contributed by atoms with Gasteiger partial charge in [-0.05, 0) is 55.5 Å². The number of benzene rings is 2. The van der Waals surface area contributed by atoms with Gasteiger partial charge >= 0.3 is 5.69 Å². The van der Waals surface area contributed by atoms with E-state index < -0.39 is 11.2 Å². The standard InChI is InChI=1S/C24H20N6O3/c1-15-21(20-11-12-27-30(20)18-9-7-16(14-25)8-10-18)23(32)28(3)24(33)29(15)19-6-4-5-17(13-19)22(31)26-2/h4-13H,1-3H3,(H,26,31). The van der Waals surface area contributed by atoms with Crippen LogP contribution in [0.15, 0.2) is 70.4 Å². The third-order valence-electron chi connectivity index (χ3n) is 5.43. The highest BCUT2D eigenvalue weighted by atomic mass is 16.2. The summed E-state index contributed by atoms with van der Waals surface area (Å²) in [4.78, 5) is 38.4. The van der Waals surface area contributed by atoms with Crippen LogP contribution < -0.4 is 16.6 Å². The van der Waals surface area contributed by atoms with Gasteiger partial charge in [0, 0.05) is 25.4 Å². The monoisotopic (exact) mass is 440 g/mol. The van der Waals surface area contributed by atoms with Crippen LogP contribution in [0.2, 0.25) is 0 Å². The molecule has 33 heavy (non-hydrogen) atoms. The van der Waals surface area contributed by atoms with Crippen molar-refractivity contribution in [3.8, 4) is 28.7 Å². The second-order valence-corrected chi connectivity index (χ2v) is 7.36. The van der Waals surface area contributed by atoms with E-state index in [1.165, 1.54) is 18.7 Å². The minimum absolute atomic E-state index is 0.286. The Morgan fingerprint density at radius 3 is 2.45 bits per heavy atom. The Kier molecular flexibility index (Phi) is 5.50.